The number of nitrogens with zero attached hydrogens (tertiary/aromatic N) is 2. The second-order valence-electron chi connectivity index (χ2n) is 4.02. The van der Waals surface area contributed by atoms with Crippen molar-refractivity contribution in [2.45, 2.75) is 12.6 Å². The van der Waals surface area contributed by atoms with Crippen LogP contribution in [0.5, 0.6) is 0 Å². The Morgan fingerprint density at radius 3 is 3.00 bits per heavy atom. The molecule has 1 unspecified atom stereocenters. The molecular weight excluding hydrogens is 256 g/mol. The molecule has 8 heteroatoms. The molecule has 2 rings (SSSR count). The molecule has 0 saturated carbocycles. The van der Waals surface area contributed by atoms with Crippen molar-refractivity contribution in [2.24, 2.45) is 5.73 Å². The maximum Gasteiger partial charge on any atom is 0.271 e. The number of nitrogens with two attached hydrogens (primary N) is 1. The Balaban J connectivity index is 1.98. The summed E-state index contributed by atoms with van der Waals surface area (Å²) in [4.78, 5) is 15.7. The first-order valence-electron chi connectivity index (χ1n) is 5.44. The molecular formula is C10H14N4O3S. The van der Waals surface area contributed by atoms with Crippen LogP contribution < -0.4 is 11.1 Å². The summed E-state index contributed by atoms with van der Waals surface area (Å²) in [6, 6.07) is -0.484. The van der Waals surface area contributed by atoms with Gasteiger partial charge in [-0.3, -0.25) is 4.79 Å². The van der Waals surface area contributed by atoms with Crippen molar-refractivity contribution < 1.29 is 13.2 Å². The SMILES string of the molecule is NCCn1cnc(C(=O)NC2C=CS(=O)(=O)C2)c1. The largest absolute Gasteiger partial charge is 0.343 e. The van der Waals surface area contributed by atoms with Crippen molar-refractivity contribution in [1.29, 1.82) is 0 Å². The van der Waals surface area contributed by atoms with Gasteiger partial charge in [-0.05, 0) is 6.08 Å². The van der Waals surface area contributed by atoms with Gasteiger partial charge in [0.1, 0.15) is 5.69 Å². The van der Waals surface area contributed by atoms with Crippen LogP contribution in [-0.2, 0) is 16.4 Å². The summed E-state index contributed by atoms with van der Waals surface area (Å²) in [5, 5.41) is 3.71. The summed E-state index contributed by atoms with van der Waals surface area (Å²) in [6.45, 7) is 1.04. The van der Waals surface area contributed by atoms with Crippen molar-refractivity contribution >= 4 is 15.7 Å². The van der Waals surface area contributed by atoms with Gasteiger partial charge < -0.3 is 15.6 Å². The third kappa shape index (κ3) is 2.96. The minimum Gasteiger partial charge on any atom is -0.343 e. The Bertz CT molecular complexity index is 576. The molecule has 1 aromatic rings. The number of hydrogen-bond acceptors (Lipinski definition) is 5. The van der Waals surface area contributed by atoms with Gasteiger partial charge in [-0.1, -0.05) is 0 Å². The lowest BCUT2D eigenvalue weighted by molar-refractivity contribution is 0.0943. The summed E-state index contributed by atoms with van der Waals surface area (Å²) < 4.78 is 24.1. The lowest BCUT2D eigenvalue weighted by Crippen LogP contribution is -2.35. The standard InChI is InChI=1S/C10H14N4O3S/c11-2-3-14-5-9(12-7-14)10(15)13-8-1-4-18(16,17)6-8/h1,4-5,7-8H,2-3,6,11H2,(H,13,15). The first-order chi connectivity index (χ1) is 8.50. The van der Waals surface area contributed by atoms with E-state index in [0.717, 1.165) is 5.41 Å². The van der Waals surface area contributed by atoms with Crippen molar-refractivity contribution in [3.63, 3.8) is 0 Å². The number of hydrogen-bond donors (Lipinski definition) is 2. The van der Waals surface area contributed by atoms with Gasteiger partial charge in [-0.2, -0.15) is 0 Å². The molecule has 0 spiro atoms. The average Bonchev–Trinajstić information content (AvgIpc) is 2.86. The van der Waals surface area contributed by atoms with E-state index in [1.165, 1.54) is 12.4 Å². The van der Waals surface area contributed by atoms with Gasteiger partial charge in [-0.15, -0.1) is 0 Å². The monoisotopic (exact) mass is 270 g/mol. The van der Waals surface area contributed by atoms with E-state index >= 15 is 0 Å². The van der Waals surface area contributed by atoms with Crippen molar-refractivity contribution in [3.05, 3.63) is 29.7 Å². The third-order valence-electron chi connectivity index (χ3n) is 2.50. The van der Waals surface area contributed by atoms with Crippen LogP contribution in [0.1, 0.15) is 10.5 Å². The van der Waals surface area contributed by atoms with Gasteiger partial charge in [0, 0.05) is 24.7 Å². The summed E-state index contributed by atoms with van der Waals surface area (Å²) in [7, 11) is -3.16. The molecule has 0 aliphatic carbocycles. The maximum atomic E-state index is 11.8. The lowest BCUT2D eigenvalue weighted by atomic mass is 10.3. The highest BCUT2D eigenvalue weighted by Gasteiger charge is 2.24. The summed E-state index contributed by atoms with van der Waals surface area (Å²) in [6.07, 6.45) is 4.56. The maximum absolute atomic E-state index is 11.8. The van der Waals surface area contributed by atoms with Gasteiger partial charge in [0.25, 0.3) is 5.91 Å². The van der Waals surface area contributed by atoms with Gasteiger partial charge in [0.15, 0.2) is 9.84 Å². The highest BCUT2D eigenvalue weighted by molar-refractivity contribution is 7.94. The Morgan fingerprint density at radius 2 is 2.39 bits per heavy atom. The van der Waals surface area contributed by atoms with E-state index in [2.05, 4.69) is 10.3 Å². The third-order valence-corrected chi connectivity index (χ3v) is 3.90. The molecule has 2 heterocycles. The summed E-state index contributed by atoms with van der Waals surface area (Å²) in [5.41, 5.74) is 5.63. The number of amides is 1. The van der Waals surface area contributed by atoms with Crippen LogP contribution in [-0.4, -0.2) is 42.2 Å². The topological polar surface area (TPSA) is 107 Å². The lowest BCUT2D eigenvalue weighted by Gasteiger charge is -2.07. The fourth-order valence-corrected chi connectivity index (χ4v) is 2.89. The van der Waals surface area contributed by atoms with Gasteiger partial charge in [0.2, 0.25) is 0 Å². The summed E-state index contributed by atoms with van der Waals surface area (Å²) in [5.74, 6) is -0.486. The van der Waals surface area contributed by atoms with E-state index in [4.69, 9.17) is 5.73 Å². The molecule has 0 radical (unpaired) electrons. The Kier molecular flexibility index (Phi) is 3.48. The van der Waals surface area contributed by atoms with E-state index in [1.54, 1.807) is 10.8 Å². The molecule has 18 heavy (non-hydrogen) atoms. The molecule has 1 amide bonds. The Hall–Kier alpha value is -1.67. The number of rotatable bonds is 4. The molecule has 0 fully saturated rings. The van der Waals surface area contributed by atoms with Crippen molar-refractivity contribution in [2.75, 3.05) is 12.3 Å². The van der Waals surface area contributed by atoms with Crippen molar-refractivity contribution in [1.82, 2.24) is 14.9 Å². The molecule has 1 aromatic heterocycles. The number of aromatic nitrogens is 2. The first kappa shape index (κ1) is 12.8. The highest BCUT2D eigenvalue weighted by Crippen LogP contribution is 2.08. The molecule has 1 aliphatic heterocycles. The molecule has 0 saturated heterocycles. The molecule has 1 atom stereocenters. The minimum atomic E-state index is -3.16. The van der Waals surface area contributed by atoms with E-state index in [9.17, 15) is 13.2 Å². The van der Waals surface area contributed by atoms with Gasteiger partial charge >= 0.3 is 0 Å². The second-order valence-corrected chi connectivity index (χ2v) is 5.95. The van der Waals surface area contributed by atoms with Crippen LogP contribution >= 0.6 is 0 Å². The van der Waals surface area contributed by atoms with Gasteiger partial charge in [0.05, 0.1) is 18.1 Å². The number of imidazole rings is 1. The van der Waals surface area contributed by atoms with Crippen LogP contribution in [0.25, 0.3) is 0 Å². The fourth-order valence-electron chi connectivity index (χ4n) is 1.66. The predicted molar refractivity (Wildman–Crippen MR) is 65.5 cm³/mol. The zero-order valence-electron chi connectivity index (χ0n) is 9.61. The quantitative estimate of drug-likeness (QED) is 0.721. The van der Waals surface area contributed by atoms with Crippen LogP contribution in [0, 0.1) is 0 Å². The van der Waals surface area contributed by atoms with Crippen LogP contribution in [0.2, 0.25) is 0 Å². The molecule has 98 valence electrons. The smallest absolute Gasteiger partial charge is 0.271 e. The van der Waals surface area contributed by atoms with E-state index < -0.39 is 21.8 Å². The van der Waals surface area contributed by atoms with E-state index in [1.807, 2.05) is 0 Å². The van der Waals surface area contributed by atoms with Crippen molar-refractivity contribution in [3.8, 4) is 0 Å². The zero-order valence-corrected chi connectivity index (χ0v) is 10.4. The molecule has 3 N–H and O–H groups in total. The van der Waals surface area contributed by atoms with Crippen LogP contribution in [0.15, 0.2) is 24.0 Å². The van der Waals surface area contributed by atoms with E-state index in [-0.39, 0.29) is 11.4 Å². The molecule has 0 aromatic carbocycles. The normalized spacial score (nSPS) is 21.1. The molecule has 0 bridgehead atoms. The average molecular weight is 270 g/mol. The van der Waals surface area contributed by atoms with E-state index in [0.29, 0.717) is 13.1 Å². The Morgan fingerprint density at radius 1 is 1.61 bits per heavy atom. The first-order valence-corrected chi connectivity index (χ1v) is 7.15. The number of carbonyl (C=O) groups excluding carboxylic acids is 1. The summed E-state index contributed by atoms with van der Waals surface area (Å²) >= 11 is 0. The number of sulfone groups is 1. The molecule has 1 aliphatic rings. The van der Waals surface area contributed by atoms with Gasteiger partial charge in [-0.25, -0.2) is 13.4 Å². The Labute approximate surface area is 105 Å². The van der Waals surface area contributed by atoms with Crippen LogP contribution in [0.4, 0.5) is 0 Å². The van der Waals surface area contributed by atoms with Crippen LogP contribution in [0.3, 0.4) is 0 Å². The number of carbonyl (C=O) groups is 1. The predicted octanol–water partition coefficient (Wildman–Crippen LogP) is -1.12. The fraction of sp³-hybridized carbons (Fsp3) is 0.400. The minimum absolute atomic E-state index is 0.0950. The highest BCUT2D eigenvalue weighted by atomic mass is 32.2. The zero-order chi connectivity index (χ0) is 13.2. The molecule has 7 nitrogen and oxygen atoms in total. The second kappa shape index (κ2) is 4.91. The number of nitrogens with one attached hydrogen (secondary N) is 1.